The molecule has 0 bridgehead atoms. The molecule has 6 heteroatoms. The van der Waals surface area contributed by atoms with Gasteiger partial charge in [-0.25, -0.2) is 0 Å². The molecule has 0 atom stereocenters. The quantitative estimate of drug-likeness (QED) is 0.768. The number of benzene rings is 1. The molecule has 0 aliphatic heterocycles. The lowest BCUT2D eigenvalue weighted by atomic mass is 10.3. The number of anilines is 2. The molecule has 18 heavy (non-hydrogen) atoms. The molecule has 1 aliphatic rings. The highest BCUT2D eigenvalue weighted by Gasteiger charge is 2.30. The van der Waals surface area contributed by atoms with Crippen molar-refractivity contribution in [3.63, 3.8) is 0 Å². The summed E-state index contributed by atoms with van der Waals surface area (Å²) in [5.74, 6) is 0. The molecule has 2 rings (SSSR count). The Hall–Kier alpha value is -1.27. The van der Waals surface area contributed by atoms with Crippen molar-refractivity contribution >= 4 is 21.6 Å². The summed E-state index contributed by atoms with van der Waals surface area (Å²) in [5.41, 5.74) is 6.90. The van der Waals surface area contributed by atoms with Gasteiger partial charge in [0.2, 0.25) is 0 Å². The van der Waals surface area contributed by atoms with Crippen molar-refractivity contribution in [2.24, 2.45) is 0 Å². The summed E-state index contributed by atoms with van der Waals surface area (Å²) in [5, 5.41) is 0. The van der Waals surface area contributed by atoms with Crippen LogP contribution in [0.15, 0.2) is 24.3 Å². The van der Waals surface area contributed by atoms with Crippen LogP contribution in [0.1, 0.15) is 26.2 Å². The maximum atomic E-state index is 12.2. The lowest BCUT2D eigenvalue weighted by molar-refractivity contribution is 0.575. The van der Waals surface area contributed by atoms with E-state index in [0.29, 0.717) is 17.9 Å². The van der Waals surface area contributed by atoms with Crippen molar-refractivity contribution < 1.29 is 8.42 Å². The fraction of sp³-hybridized carbons (Fsp3) is 0.500. The summed E-state index contributed by atoms with van der Waals surface area (Å²) in [6.07, 6.45) is 2.62. The van der Waals surface area contributed by atoms with E-state index >= 15 is 0 Å². The SMILES string of the molecule is CCCN(c1ccc(N)cc1)S(=O)(=O)NC1CC1. The van der Waals surface area contributed by atoms with E-state index in [1.165, 1.54) is 4.31 Å². The van der Waals surface area contributed by atoms with Crippen molar-refractivity contribution in [2.75, 3.05) is 16.6 Å². The number of rotatable bonds is 6. The Morgan fingerprint density at radius 1 is 1.33 bits per heavy atom. The predicted octanol–water partition coefficient (Wildman–Crippen LogP) is 1.48. The van der Waals surface area contributed by atoms with Gasteiger partial charge in [0.25, 0.3) is 0 Å². The number of nitrogens with two attached hydrogens (primary N) is 1. The molecule has 0 radical (unpaired) electrons. The molecule has 5 nitrogen and oxygen atoms in total. The molecule has 1 aromatic carbocycles. The van der Waals surface area contributed by atoms with E-state index in [1.807, 2.05) is 6.92 Å². The summed E-state index contributed by atoms with van der Waals surface area (Å²) >= 11 is 0. The third-order valence-corrected chi connectivity index (χ3v) is 4.40. The molecule has 1 aliphatic carbocycles. The first-order chi connectivity index (χ1) is 8.53. The van der Waals surface area contributed by atoms with Crippen LogP contribution in [-0.2, 0) is 10.2 Å². The normalized spacial score (nSPS) is 15.6. The van der Waals surface area contributed by atoms with Crippen LogP contribution in [-0.4, -0.2) is 21.0 Å². The van der Waals surface area contributed by atoms with Crippen LogP contribution >= 0.6 is 0 Å². The van der Waals surface area contributed by atoms with Gasteiger partial charge in [-0.2, -0.15) is 13.1 Å². The van der Waals surface area contributed by atoms with Crippen LogP contribution in [0.25, 0.3) is 0 Å². The molecule has 0 unspecified atom stereocenters. The van der Waals surface area contributed by atoms with Crippen molar-refractivity contribution in [3.8, 4) is 0 Å². The second-order valence-electron chi connectivity index (χ2n) is 4.56. The van der Waals surface area contributed by atoms with Crippen LogP contribution in [0.5, 0.6) is 0 Å². The second-order valence-corrected chi connectivity index (χ2v) is 6.19. The van der Waals surface area contributed by atoms with Gasteiger partial charge in [0.05, 0.1) is 5.69 Å². The van der Waals surface area contributed by atoms with E-state index in [1.54, 1.807) is 24.3 Å². The van der Waals surface area contributed by atoms with E-state index in [9.17, 15) is 8.42 Å². The molecule has 0 aromatic heterocycles. The maximum absolute atomic E-state index is 12.2. The number of nitrogens with zero attached hydrogens (tertiary/aromatic N) is 1. The van der Waals surface area contributed by atoms with Gasteiger partial charge in [-0.05, 0) is 43.5 Å². The van der Waals surface area contributed by atoms with Crippen LogP contribution in [0.4, 0.5) is 11.4 Å². The first kappa shape index (κ1) is 13.2. The Labute approximate surface area is 108 Å². The average Bonchev–Trinajstić information content (AvgIpc) is 3.10. The summed E-state index contributed by atoms with van der Waals surface area (Å²) in [7, 11) is -3.44. The third-order valence-electron chi connectivity index (χ3n) is 2.79. The van der Waals surface area contributed by atoms with E-state index in [4.69, 9.17) is 5.73 Å². The fourth-order valence-corrected chi connectivity index (χ4v) is 3.31. The van der Waals surface area contributed by atoms with Gasteiger partial charge in [-0.3, -0.25) is 4.31 Å². The van der Waals surface area contributed by atoms with Gasteiger partial charge in [-0.1, -0.05) is 6.92 Å². The van der Waals surface area contributed by atoms with Crippen molar-refractivity contribution in [3.05, 3.63) is 24.3 Å². The molecular formula is C12H19N3O2S. The van der Waals surface area contributed by atoms with Gasteiger partial charge >= 0.3 is 10.2 Å². The molecule has 100 valence electrons. The maximum Gasteiger partial charge on any atom is 0.301 e. The summed E-state index contributed by atoms with van der Waals surface area (Å²) in [6.45, 7) is 2.42. The number of hydrogen-bond acceptors (Lipinski definition) is 3. The largest absolute Gasteiger partial charge is 0.399 e. The minimum Gasteiger partial charge on any atom is -0.399 e. The zero-order chi connectivity index (χ0) is 13.2. The van der Waals surface area contributed by atoms with Crippen LogP contribution < -0.4 is 14.8 Å². The molecule has 0 heterocycles. The van der Waals surface area contributed by atoms with Gasteiger partial charge in [0, 0.05) is 18.3 Å². The van der Waals surface area contributed by atoms with Gasteiger partial charge < -0.3 is 5.73 Å². The Balaban J connectivity index is 2.23. The minimum atomic E-state index is -3.44. The van der Waals surface area contributed by atoms with Crippen molar-refractivity contribution in [1.29, 1.82) is 0 Å². The number of hydrogen-bond donors (Lipinski definition) is 2. The lowest BCUT2D eigenvalue weighted by Gasteiger charge is -2.24. The molecule has 1 fully saturated rings. The number of nitrogen functional groups attached to an aromatic ring is 1. The van der Waals surface area contributed by atoms with Crippen LogP contribution in [0.3, 0.4) is 0 Å². The van der Waals surface area contributed by atoms with Gasteiger partial charge in [0.1, 0.15) is 0 Å². The van der Waals surface area contributed by atoms with Crippen LogP contribution in [0, 0.1) is 0 Å². The average molecular weight is 269 g/mol. The second kappa shape index (κ2) is 5.16. The Morgan fingerprint density at radius 3 is 2.44 bits per heavy atom. The molecule has 0 amide bonds. The smallest absolute Gasteiger partial charge is 0.301 e. The highest BCUT2D eigenvalue weighted by molar-refractivity contribution is 7.90. The standard InChI is InChI=1S/C12H19N3O2S/c1-2-9-15(12-7-3-10(13)4-8-12)18(16,17)14-11-5-6-11/h3-4,7-8,11,14H,2,5-6,9,13H2,1H3. The first-order valence-electron chi connectivity index (χ1n) is 6.18. The van der Waals surface area contributed by atoms with Crippen molar-refractivity contribution in [2.45, 2.75) is 32.2 Å². The van der Waals surface area contributed by atoms with Crippen molar-refractivity contribution in [1.82, 2.24) is 4.72 Å². The highest BCUT2D eigenvalue weighted by Crippen LogP contribution is 2.24. The minimum absolute atomic E-state index is 0.114. The van der Waals surface area contributed by atoms with E-state index in [-0.39, 0.29) is 6.04 Å². The molecule has 1 saturated carbocycles. The van der Waals surface area contributed by atoms with Gasteiger partial charge in [0.15, 0.2) is 0 Å². The lowest BCUT2D eigenvalue weighted by Crippen LogP contribution is -2.42. The van der Waals surface area contributed by atoms with E-state index in [2.05, 4.69) is 4.72 Å². The predicted molar refractivity (Wildman–Crippen MR) is 73.6 cm³/mol. The molecule has 0 spiro atoms. The highest BCUT2D eigenvalue weighted by atomic mass is 32.2. The molecule has 0 saturated heterocycles. The van der Waals surface area contributed by atoms with E-state index in [0.717, 1.165) is 19.3 Å². The zero-order valence-electron chi connectivity index (χ0n) is 10.5. The fourth-order valence-electron chi connectivity index (χ4n) is 1.71. The Kier molecular flexibility index (Phi) is 3.77. The topological polar surface area (TPSA) is 75.4 Å². The number of nitrogens with one attached hydrogen (secondary N) is 1. The Bertz CT molecular complexity index is 495. The summed E-state index contributed by atoms with van der Waals surface area (Å²) < 4.78 is 28.6. The zero-order valence-corrected chi connectivity index (χ0v) is 11.3. The third kappa shape index (κ3) is 3.14. The first-order valence-corrected chi connectivity index (χ1v) is 7.62. The molecule has 1 aromatic rings. The van der Waals surface area contributed by atoms with E-state index < -0.39 is 10.2 Å². The van der Waals surface area contributed by atoms with Gasteiger partial charge in [-0.15, -0.1) is 0 Å². The molecule has 3 N–H and O–H groups in total. The summed E-state index contributed by atoms with van der Waals surface area (Å²) in [4.78, 5) is 0. The Morgan fingerprint density at radius 2 is 1.94 bits per heavy atom. The molecular weight excluding hydrogens is 250 g/mol. The summed E-state index contributed by atoms with van der Waals surface area (Å²) in [6, 6.07) is 7.01. The van der Waals surface area contributed by atoms with Crippen LogP contribution in [0.2, 0.25) is 0 Å². The monoisotopic (exact) mass is 269 g/mol.